The quantitative estimate of drug-likeness (QED) is 0.431. The summed E-state index contributed by atoms with van der Waals surface area (Å²) in [6.45, 7) is 5.96. The van der Waals surface area contributed by atoms with Crippen LogP contribution in [0, 0.1) is 5.82 Å². The van der Waals surface area contributed by atoms with Crippen LogP contribution in [-0.2, 0) is 12.1 Å². The number of anilines is 1. The third-order valence-electron chi connectivity index (χ3n) is 7.16. The lowest BCUT2D eigenvalue weighted by molar-refractivity contribution is -0.0488. The highest BCUT2D eigenvalue weighted by atomic mass is 19.3. The van der Waals surface area contributed by atoms with E-state index in [1.54, 1.807) is 0 Å². The average molecular weight is 543 g/mol. The van der Waals surface area contributed by atoms with E-state index in [4.69, 9.17) is 0 Å². The van der Waals surface area contributed by atoms with E-state index in [2.05, 4.69) is 15.5 Å². The summed E-state index contributed by atoms with van der Waals surface area (Å²) < 4.78 is 70.2. The van der Waals surface area contributed by atoms with Crippen LogP contribution in [-0.4, -0.2) is 47.5 Å². The van der Waals surface area contributed by atoms with E-state index in [0.29, 0.717) is 0 Å². The number of halogens is 5. The topological polar surface area (TPSA) is 66.4 Å². The third-order valence-corrected chi connectivity index (χ3v) is 7.16. The molecule has 1 saturated carbocycles. The van der Waals surface area contributed by atoms with Crippen molar-refractivity contribution < 1.29 is 26.7 Å². The molecule has 2 fully saturated rings. The number of likely N-dealkylation sites (tertiary alicyclic amines) is 1. The molecule has 6 nitrogen and oxygen atoms in total. The second-order valence-electron chi connectivity index (χ2n) is 9.75. The largest absolute Gasteiger partial charge is 0.381 e. The average Bonchev–Trinajstić information content (AvgIpc) is 3.68. The maximum absolute atomic E-state index is 14.4. The number of benzene rings is 1. The van der Waals surface area contributed by atoms with Gasteiger partial charge in [0.25, 0.3) is 23.8 Å². The molecule has 1 aromatic carbocycles. The first-order chi connectivity index (χ1) is 17.9. The Morgan fingerprint density at radius 1 is 1.18 bits per heavy atom. The molecular formula is C27H35F5N4O2. The molecule has 0 atom stereocenters. The van der Waals surface area contributed by atoms with E-state index in [0.717, 1.165) is 55.8 Å². The number of piperidine rings is 1. The summed E-state index contributed by atoms with van der Waals surface area (Å²) >= 11 is 0. The van der Waals surface area contributed by atoms with Gasteiger partial charge in [-0.1, -0.05) is 32.0 Å². The number of alkyl halides is 4. The van der Waals surface area contributed by atoms with E-state index in [1.165, 1.54) is 12.1 Å². The van der Waals surface area contributed by atoms with Crippen LogP contribution in [0.1, 0.15) is 74.4 Å². The Balaban J connectivity index is 0.00000195. The molecule has 210 valence electrons. The van der Waals surface area contributed by atoms with E-state index >= 15 is 0 Å². The molecule has 0 spiro atoms. The summed E-state index contributed by atoms with van der Waals surface area (Å²) in [4.78, 5) is 28.2. The van der Waals surface area contributed by atoms with Gasteiger partial charge in [0.15, 0.2) is 0 Å². The fourth-order valence-electron chi connectivity index (χ4n) is 4.73. The Kier molecular flexibility index (Phi) is 9.22. The highest BCUT2D eigenvalue weighted by Crippen LogP contribution is 2.53. The normalized spacial score (nSPS) is 17.5. The van der Waals surface area contributed by atoms with Gasteiger partial charge in [-0.25, -0.2) is 22.0 Å². The van der Waals surface area contributed by atoms with Crippen LogP contribution in [0.2, 0.25) is 0 Å². The van der Waals surface area contributed by atoms with Crippen molar-refractivity contribution in [2.45, 2.75) is 76.9 Å². The summed E-state index contributed by atoms with van der Waals surface area (Å²) in [5, 5.41) is 5.69. The summed E-state index contributed by atoms with van der Waals surface area (Å²) in [6.07, 6.45) is -0.201. The number of hydrogen-bond acceptors (Lipinski definition) is 4. The van der Waals surface area contributed by atoms with Crippen molar-refractivity contribution in [1.29, 1.82) is 0 Å². The second-order valence-corrected chi connectivity index (χ2v) is 9.75. The Labute approximate surface area is 219 Å². The number of carbonyl (C=O) groups excluding carboxylic acids is 1. The number of nitrogens with one attached hydrogen (secondary N) is 2. The van der Waals surface area contributed by atoms with Gasteiger partial charge in [0.05, 0.1) is 16.8 Å². The van der Waals surface area contributed by atoms with Gasteiger partial charge in [-0.2, -0.15) is 0 Å². The molecule has 2 N–H and O–H groups in total. The summed E-state index contributed by atoms with van der Waals surface area (Å²) in [7, 11) is 1.98. The molecule has 0 radical (unpaired) electrons. The zero-order chi connectivity index (χ0) is 28.3. The van der Waals surface area contributed by atoms with Crippen molar-refractivity contribution in [3.8, 4) is 0 Å². The van der Waals surface area contributed by atoms with Crippen molar-refractivity contribution in [3.05, 3.63) is 63.3 Å². The van der Waals surface area contributed by atoms with E-state index in [-0.39, 0.29) is 35.7 Å². The fourth-order valence-corrected chi connectivity index (χ4v) is 4.73. The molecule has 2 heterocycles. The lowest BCUT2D eigenvalue weighted by Gasteiger charge is -2.31. The maximum Gasteiger partial charge on any atom is 0.268 e. The molecular weight excluding hydrogens is 507 g/mol. The first-order valence-electron chi connectivity index (χ1n) is 12.9. The molecule has 2 aliphatic rings. The first kappa shape index (κ1) is 29.6. The number of amides is 1. The van der Waals surface area contributed by atoms with Crippen LogP contribution in [0.5, 0.6) is 0 Å². The summed E-state index contributed by atoms with van der Waals surface area (Å²) in [5.74, 6) is -5.05. The fraction of sp³-hybridized carbons (Fsp3) is 0.556. The third kappa shape index (κ3) is 6.19. The molecule has 11 heteroatoms. The monoisotopic (exact) mass is 542 g/mol. The van der Waals surface area contributed by atoms with Crippen LogP contribution in [0.4, 0.5) is 27.6 Å². The highest BCUT2D eigenvalue weighted by molar-refractivity contribution is 5.99. The van der Waals surface area contributed by atoms with Crippen LogP contribution < -0.4 is 16.2 Å². The maximum atomic E-state index is 14.4. The van der Waals surface area contributed by atoms with E-state index < -0.39 is 47.3 Å². The molecule has 2 aromatic rings. The number of carbonyl (C=O) groups is 1. The highest BCUT2D eigenvalue weighted by Gasteiger charge is 2.61. The lowest BCUT2D eigenvalue weighted by Crippen LogP contribution is -2.43. The van der Waals surface area contributed by atoms with Crippen molar-refractivity contribution >= 4 is 11.6 Å². The molecule has 0 unspecified atom stereocenters. The molecule has 4 rings (SSSR count). The standard InChI is InChI=1S/C25H29F5N4O2.C2H6/c1-24(29,30)25(8-9-25)34-14-18(19(12-20(34)35)32-16-6-10-33(2)11-7-16)23(36)31-13-15-4-3-5-17(21(15)26)22(27)28;1-2/h3-5,12,14,16,22,32H,6-11,13H2,1-2H3,(H,31,36);1-2H3. The van der Waals surface area contributed by atoms with Crippen LogP contribution >= 0.6 is 0 Å². The predicted octanol–water partition coefficient (Wildman–Crippen LogP) is 5.53. The van der Waals surface area contributed by atoms with Gasteiger partial charge in [0.1, 0.15) is 11.4 Å². The van der Waals surface area contributed by atoms with Gasteiger partial charge in [-0.15, -0.1) is 0 Å². The van der Waals surface area contributed by atoms with Crippen LogP contribution in [0.15, 0.2) is 35.3 Å². The molecule has 1 aliphatic heterocycles. The zero-order valence-corrected chi connectivity index (χ0v) is 22.1. The second kappa shape index (κ2) is 11.8. The van der Waals surface area contributed by atoms with Gasteiger partial charge >= 0.3 is 0 Å². The van der Waals surface area contributed by atoms with Gasteiger partial charge in [0, 0.05) is 37.3 Å². The Hall–Kier alpha value is -2.95. The SMILES string of the molecule is CC.CN1CCC(Nc2cc(=O)n(C3(C(C)(F)F)CC3)cc2C(=O)NCc2cccc(C(F)F)c2F)CC1. The predicted molar refractivity (Wildman–Crippen MR) is 137 cm³/mol. The van der Waals surface area contributed by atoms with Crippen molar-refractivity contribution in [2.24, 2.45) is 0 Å². The van der Waals surface area contributed by atoms with Crippen molar-refractivity contribution in [3.63, 3.8) is 0 Å². The van der Waals surface area contributed by atoms with Gasteiger partial charge in [-0.05, 0) is 45.8 Å². The van der Waals surface area contributed by atoms with Crippen molar-refractivity contribution in [2.75, 3.05) is 25.5 Å². The molecule has 1 saturated heterocycles. The Bertz CT molecular complexity index is 1180. The number of hydrogen-bond donors (Lipinski definition) is 2. The van der Waals surface area contributed by atoms with Crippen molar-refractivity contribution in [1.82, 2.24) is 14.8 Å². The lowest BCUT2D eigenvalue weighted by atomic mass is 10.0. The number of rotatable bonds is 8. The summed E-state index contributed by atoms with van der Waals surface area (Å²) in [5.41, 5.74) is -3.13. The Morgan fingerprint density at radius 2 is 1.82 bits per heavy atom. The van der Waals surface area contributed by atoms with Gasteiger partial charge < -0.3 is 20.1 Å². The van der Waals surface area contributed by atoms with E-state index in [9.17, 15) is 31.5 Å². The number of pyridine rings is 1. The van der Waals surface area contributed by atoms with Crippen LogP contribution in [0.3, 0.4) is 0 Å². The molecule has 0 bridgehead atoms. The van der Waals surface area contributed by atoms with Gasteiger partial charge in [0.2, 0.25) is 0 Å². The summed E-state index contributed by atoms with van der Waals surface area (Å²) in [6, 6.07) is 4.61. The van der Waals surface area contributed by atoms with E-state index in [1.807, 2.05) is 20.9 Å². The minimum Gasteiger partial charge on any atom is -0.381 e. The molecule has 1 amide bonds. The van der Waals surface area contributed by atoms with Gasteiger partial charge in [-0.3, -0.25) is 9.59 Å². The molecule has 1 aliphatic carbocycles. The zero-order valence-electron chi connectivity index (χ0n) is 22.1. The smallest absolute Gasteiger partial charge is 0.268 e. The number of nitrogens with zero attached hydrogens (tertiary/aromatic N) is 2. The van der Waals surface area contributed by atoms with Crippen LogP contribution in [0.25, 0.3) is 0 Å². The minimum absolute atomic E-state index is 0.0364. The first-order valence-corrected chi connectivity index (χ1v) is 12.9. The molecule has 38 heavy (non-hydrogen) atoms. The Morgan fingerprint density at radius 3 is 2.37 bits per heavy atom. The molecule has 1 aromatic heterocycles. The number of aromatic nitrogens is 1. The minimum atomic E-state index is -3.19.